The van der Waals surface area contributed by atoms with E-state index >= 15 is 0 Å². The monoisotopic (exact) mass is 326 g/mol. The van der Waals surface area contributed by atoms with Crippen LogP contribution in [-0.2, 0) is 19.9 Å². The SMILES string of the molecule is CCc1c(C)nn(C)c1NC(=O)c1cccc(CC2CCNC2)c1. The number of hydrogen-bond acceptors (Lipinski definition) is 3. The first-order valence-corrected chi connectivity index (χ1v) is 8.72. The fourth-order valence-corrected chi connectivity index (χ4v) is 3.52. The van der Waals surface area contributed by atoms with Crippen molar-refractivity contribution in [2.24, 2.45) is 13.0 Å². The van der Waals surface area contributed by atoms with Crippen molar-refractivity contribution in [3.8, 4) is 0 Å². The highest BCUT2D eigenvalue weighted by atomic mass is 16.1. The summed E-state index contributed by atoms with van der Waals surface area (Å²) in [6.45, 7) is 6.23. The van der Waals surface area contributed by atoms with Gasteiger partial charge in [-0.15, -0.1) is 0 Å². The lowest BCUT2D eigenvalue weighted by molar-refractivity contribution is 0.102. The highest BCUT2D eigenvalue weighted by Crippen LogP contribution is 2.21. The quantitative estimate of drug-likeness (QED) is 0.888. The van der Waals surface area contributed by atoms with Crippen LogP contribution in [-0.4, -0.2) is 28.8 Å². The zero-order chi connectivity index (χ0) is 17.1. The van der Waals surface area contributed by atoms with E-state index in [1.54, 1.807) is 4.68 Å². The lowest BCUT2D eigenvalue weighted by Gasteiger charge is -2.11. The summed E-state index contributed by atoms with van der Waals surface area (Å²) >= 11 is 0. The number of anilines is 1. The van der Waals surface area contributed by atoms with Gasteiger partial charge in [-0.2, -0.15) is 5.10 Å². The Labute approximate surface area is 143 Å². The molecule has 0 saturated carbocycles. The molecule has 3 rings (SSSR count). The van der Waals surface area contributed by atoms with Gasteiger partial charge in [0, 0.05) is 18.2 Å². The Morgan fingerprint density at radius 2 is 2.29 bits per heavy atom. The number of hydrogen-bond donors (Lipinski definition) is 2. The van der Waals surface area contributed by atoms with Gasteiger partial charge in [-0.05, 0) is 62.9 Å². The van der Waals surface area contributed by atoms with E-state index in [1.807, 2.05) is 32.2 Å². The number of amides is 1. The first kappa shape index (κ1) is 16.7. The standard InChI is InChI=1S/C19H26N4O/c1-4-17-13(2)22-23(3)18(17)21-19(24)16-7-5-6-14(11-16)10-15-8-9-20-12-15/h5-7,11,15,20H,4,8-10,12H2,1-3H3,(H,21,24). The molecule has 1 aliphatic heterocycles. The van der Waals surface area contributed by atoms with Crippen LogP contribution in [0.1, 0.15) is 40.5 Å². The van der Waals surface area contributed by atoms with Crippen LogP contribution in [0.3, 0.4) is 0 Å². The van der Waals surface area contributed by atoms with Gasteiger partial charge < -0.3 is 10.6 Å². The average molecular weight is 326 g/mol. The van der Waals surface area contributed by atoms with E-state index in [0.29, 0.717) is 11.5 Å². The topological polar surface area (TPSA) is 59.0 Å². The average Bonchev–Trinajstić information content (AvgIpc) is 3.16. The zero-order valence-electron chi connectivity index (χ0n) is 14.7. The van der Waals surface area contributed by atoms with Gasteiger partial charge in [0.25, 0.3) is 5.91 Å². The van der Waals surface area contributed by atoms with E-state index in [1.165, 1.54) is 12.0 Å². The molecule has 1 fully saturated rings. The third-order valence-electron chi connectivity index (χ3n) is 4.81. The van der Waals surface area contributed by atoms with Crippen molar-refractivity contribution in [3.05, 3.63) is 46.6 Å². The van der Waals surface area contributed by atoms with Crippen molar-refractivity contribution < 1.29 is 4.79 Å². The molecule has 1 amide bonds. The van der Waals surface area contributed by atoms with Crippen LogP contribution in [0.15, 0.2) is 24.3 Å². The van der Waals surface area contributed by atoms with Crippen LogP contribution < -0.4 is 10.6 Å². The number of aryl methyl sites for hydroxylation is 2. The maximum Gasteiger partial charge on any atom is 0.256 e. The molecule has 1 aromatic carbocycles. The molecule has 0 spiro atoms. The van der Waals surface area contributed by atoms with E-state index < -0.39 is 0 Å². The van der Waals surface area contributed by atoms with Gasteiger partial charge in [0.05, 0.1) is 5.69 Å². The molecule has 128 valence electrons. The Bertz CT molecular complexity index is 729. The molecule has 2 N–H and O–H groups in total. The lowest BCUT2D eigenvalue weighted by Crippen LogP contribution is -2.16. The minimum absolute atomic E-state index is 0.0703. The maximum atomic E-state index is 12.7. The summed E-state index contributed by atoms with van der Waals surface area (Å²) in [4.78, 5) is 12.7. The molecule has 0 radical (unpaired) electrons. The summed E-state index contributed by atoms with van der Waals surface area (Å²) in [6.07, 6.45) is 3.09. The number of nitrogens with zero attached hydrogens (tertiary/aromatic N) is 2. The van der Waals surface area contributed by atoms with Crippen LogP contribution in [0.4, 0.5) is 5.82 Å². The van der Waals surface area contributed by atoms with Crippen LogP contribution in [0, 0.1) is 12.8 Å². The van der Waals surface area contributed by atoms with Crippen molar-refractivity contribution >= 4 is 11.7 Å². The Balaban J connectivity index is 1.75. The molecule has 1 aliphatic rings. The third kappa shape index (κ3) is 3.51. The summed E-state index contributed by atoms with van der Waals surface area (Å²) < 4.78 is 1.75. The van der Waals surface area contributed by atoms with Gasteiger partial charge in [-0.1, -0.05) is 19.1 Å². The van der Waals surface area contributed by atoms with Crippen LogP contribution in [0.2, 0.25) is 0 Å². The van der Waals surface area contributed by atoms with Gasteiger partial charge in [-0.3, -0.25) is 9.48 Å². The van der Waals surface area contributed by atoms with Gasteiger partial charge in [0.2, 0.25) is 0 Å². The minimum Gasteiger partial charge on any atom is -0.316 e. The van der Waals surface area contributed by atoms with E-state index in [0.717, 1.165) is 43.0 Å². The molecule has 5 heteroatoms. The van der Waals surface area contributed by atoms with Gasteiger partial charge in [0.15, 0.2) is 0 Å². The van der Waals surface area contributed by atoms with Crippen LogP contribution in [0.25, 0.3) is 0 Å². The number of carbonyl (C=O) groups is 1. The summed E-state index contributed by atoms with van der Waals surface area (Å²) in [5.41, 5.74) is 4.00. The van der Waals surface area contributed by atoms with Crippen LogP contribution in [0.5, 0.6) is 0 Å². The molecule has 1 atom stereocenters. The van der Waals surface area contributed by atoms with Crippen molar-refractivity contribution in [1.29, 1.82) is 0 Å². The maximum absolute atomic E-state index is 12.7. The predicted molar refractivity (Wildman–Crippen MR) is 96.4 cm³/mol. The number of aromatic nitrogens is 2. The normalized spacial score (nSPS) is 17.2. The Morgan fingerprint density at radius 1 is 1.46 bits per heavy atom. The number of carbonyl (C=O) groups excluding carboxylic acids is 1. The molecule has 2 aromatic rings. The van der Waals surface area contributed by atoms with E-state index in [2.05, 4.69) is 28.7 Å². The largest absolute Gasteiger partial charge is 0.316 e. The minimum atomic E-state index is -0.0703. The lowest BCUT2D eigenvalue weighted by atomic mass is 9.97. The Hall–Kier alpha value is -2.14. The Kier molecular flexibility index (Phi) is 5.00. The molecule has 5 nitrogen and oxygen atoms in total. The third-order valence-corrected chi connectivity index (χ3v) is 4.81. The van der Waals surface area contributed by atoms with Crippen molar-refractivity contribution in [3.63, 3.8) is 0 Å². The molecule has 0 aliphatic carbocycles. The molecule has 1 unspecified atom stereocenters. The van der Waals surface area contributed by atoms with Crippen molar-refractivity contribution in [2.75, 3.05) is 18.4 Å². The highest BCUT2D eigenvalue weighted by molar-refractivity contribution is 6.04. The first-order valence-electron chi connectivity index (χ1n) is 8.72. The zero-order valence-corrected chi connectivity index (χ0v) is 14.7. The fourth-order valence-electron chi connectivity index (χ4n) is 3.52. The van der Waals surface area contributed by atoms with E-state index in [9.17, 15) is 4.79 Å². The second kappa shape index (κ2) is 7.18. The highest BCUT2D eigenvalue weighted by Gasteiger charge is 2.17. The van der Waals surface area contributed by atoms with Gasteiger partial charge in [-0.25, -0.2) is 0 Å². The number of benzene rings is 1. The summed E-state index contributed by atoms with van der Waals surface area (Å²) in [5.74, 6) is 1.40. The van der Waals surface area contributed by atoms with Gasteiger partial charge >= 0.3 is 0 Å². The number of nitrogens with one attached hydrogen (secondary N) is 2. The smallest absolute Gasteiger partial charge is 0.256 e. The second-order valence-corrected chi connectivity index (χ2v) is 6.61. The Morgan fingerprint density at radius 3 is 3.00 bits per heavy atom. The predicted octanol–water partition coefficient (Wildman–Crippen LogP) is 2.70. The summed E-state index contributed by atoms with van der Waals surface area (Å²) in [6, 6.07) is 7.98. The molecular formula is C19H26N4O. The second-order valence-electron chi connectivity index (χ2n) is 6.61. The molecule has 24 heavy (non-hydrogen) atoms. The molecule has 2 heterocycles. The van der Waals surface area contributed by atoms with Crippen LogP contribution >= 0.6 is 0 Å². The molecular weight excluding hydrogens is 300 g/mol. The van der Waals surface area contributed by atoms with E-state index in [-0.39, 0.29) is 5.91 Å². The molecule has 1 aromatic heterocycles. The molecule has 0 bridgehead atoms. The van der Waals surface area contributed by atoms with Gasteiger partial charge in [0.1, 0.15) is 5.82 Å². The van der Waals surface area contributed by atoms with Crippen molar-refractivity contribution in [2.45, 2.75) is 33.1 Å². The summed E-state index contributed by atoms with van der Waals surface area (Å²) in [7, 11) is 1.87. The summed E-state index contributed by atoms with van der Waals surface area (Å²) in [5, 5.41) is 10.8. The number of rotatable bonds is 5. The van der Waals surface area contributed by atoms with E-state index in [4.69, 9.17) is 0 Å². The van der Waals surface area contributed by atoms with Crippen molar-refractivity contribution in [1.82, 2.24) is 15.1 Å². The fraction of sp³-hybridized carbons (Fsp3) is 0.474. The first-order chi connectivity index (χ1) is 11.6. The molecule has 1 saturated heterocycles.